The van der Waals surface area contributed by atoms with E-state index < -0.39 is 0 Å². The molecule has 0 spiro atoms. The van der Waals surface area contributed by atoms with E-state index in [1.54, 1.807) is 30.3 Å². The quantitative estimate of drug-likeness (QED) is 0.886. The molecule has 6 heteroatoms. The summed E-state index contributed by atoms with van der Waals surface area (Å²) in [6, 6.07) is 8.47. The molecule has 0 saturated heterocycles. The van der Waals surface area contributed by atoms with E-state index in [-0.39, 0.29) is 19.1 Å². The standard InChI is InChI=1S/C13H12BrNO4/c14-12-7-9(8-19-12)13(17)15-10-1-3-11(4-2-10)18-6-5-16/h1-4,7-8,16H,5-6H2,(H,15,17). The minimum absolute atomic E-state index is 0.0339. The maximum absolute atomic E-state index is 11.8. The number of furan rings is 1. The van der Waals surface area contributed by atoms with Gasteiger partial charge >= 0.3 is 0 Å². The lowest BCUT2D eigenvalue weighted by atomic mass is 10.2. The zero-order valence-electron chi connectivity index (χ0n) is 9.93. The summed E-state index contributed by atoms with van der Waals surface area (Å²) in [7, 11) is 0. The van der Waals surface area contributed by atoms with Crippen LogP contribution in [0.1, 0.15) is 10.4 Å². The summed E-state index contributed by atoms with van der Waals surface area (Å²) in [5.74, 6) is 0.386. The molecular weight excluding hydrogens is 314 g/mol. The fourth-order valence-electron chi connectivity index (χ4n) is 1.43. The smallest absolute Gasteiger partial charge is 0.258 e. The maximum atomic E-state index is 11.8. The van der Waals surface area contributed by atoms with Gasteiger partial charge in [0, 0.05) is 11.8 Å². The zero-order valence-corrected chi connectivity index (χ0v) is 11.5. The van der Waals surface area contributed by atoms with Gasteiger partial charge in [-0.15, -0.1) is 0 Å². The van der Waals surface area contributed by atoms with Crippen molar-refractivity contribution in [1.29, 1.82) is 0 Å². The third-order valence-corrected chi connectivity index (χ3v) is 2.72. The first-order chi connectivity index (χ1) is 9.19. The molecule has 5 nitrogen and oxygen atoms in total. The molecule has 0 aliphatic carbocycles. The van der Waals surface area contributed by atoms with Gasteiger partial charge in [-0.25, -0.2) is 0 Å². The maximum Gasteiger partial charge on any atom is 0.258 e. The molecule has 2 aromatic rings. The van der Waals surface area contributed by atoms with Crippen molar-refractivity contribution < 1.29 is 19.1 Å². The molecule has 0 saturated carbocycles. The van der Waals surface area contributed by atoms with Crippen molar-refractivity contribution in [3.63, 3.8) is 0 Å². The van der Waals surface area contributed by atoms with Crippen LogP contribution >= 0.6 is 15.9 Å². The Kier molecular flexibility index (Phi) is 4.59. The van der Waals surface area contributed by atoms with E-state index in [1.807, 2.05) is 0 Å². The molecule has 0 radical (unpaired) electrons. The molecule has 1 amide bonds. The van der Waals surface area contributed by atoms with E-state index in [2.05, 4.69) is 21.2 Å². The second-order valence-corrected chi connectivity index (χ2v) is 4.47. The Morgan fingerprint density at radius 2 is 2.11 bits per heavy atom. The molecule has 0 bridgehead atoms. The Hall–Kier alpha value is -1.79. The molecule has 0 unspecified atom stereocenters. The summed E-state index contributed by atoms with van der Waals surface area (Å²) in [4.78, 5) is 11.8. The molecule has 0 fully saturated rings. The molecule has 2 rings (SSSR count). The third-order valence-electron chi connectivity index (χ3n) is 2.30. The number of benzene rings is 1. The summed E-state index contributed by atoms with van der Waals surface area (Å²) in [6.07, 6.45) is 1.37. The number of carbonyl (C=O) groups excluding carboxylic acids is 1. The van der Waals surface area contributed by atoms with Gasteiger partial charge in [-0.2, -0.15) is 0 Å². The second-order valence-electron chi connectivity index (χ2n) is 3.69. The Morgan fingerprint density at radius 1 is 1.37 bits per heavy atom. The minimum atomic E-state index is -0.251. The van der Waals surface area contributed by atoms with Crippen molar-refractivity contribution in [3.8, 4) is 5.75 Å². The van der Waals surface area contributed by atoms with Crippen LogP contribution in [0.3, 0.4) is 0 Å². The molecule has 100 valence electrons. The van der Waals surface area contributed by atoms with Gasteiger partial charge in [-0.1, -0.05) is 0 Å². The highest BCUT2D eigenvalue weighted by atomic mass is 79.9. The van der Waals surface area contributed by atoms with Gasteiger partial charge in [0.1, 0.15) is 18.6 Å². The number of ether oxygens (including phenoxy) is 1. The van der Waals surface area contributed by atoms with Crippen molar-refractivity contribution in [1.82, 2.24) is 0 Å². The molecule has 0 aliphatic rings. The number of hydrogen-bond donors (Lipinski definition) is 2. The van der Waals surface area contributed by atoms with Crippen LogP contribution in [0.4, 0.5) is 5.69 Å². The van der Waals surface area contributed by atoms with E-state index >= 15 is 0 Å². The molecule has 0 atom stereocenters. The predicted molar refractivity (Wildman–Crippen MR) is 73.4 cm³/mol. The van der Waals surface area contributed by atoms with Gasteiger partial charge in [-0.05, 0) is 40.2 Å². The number of aliphatic hydroxyl groups is 1. The average Bonchev–Trinajstić information content (AvgIpc) is 2.85. The van der Waals surface area contributed by atoms with Crippen LogP contribution in [-0.2, 0) is 0 Å². The van der Waals surface area contributed by atoms with Gasteiger partial charge in [0.25, 0.3) is 5.91 Å². The van der Waals surface area contributed by atoms with E-state index in [9.17, 15) is 4.79 Å². The highest BCUT2D eigenvalue weighted by Crippen LogP contribution is 2.18. The van der Waals surface area contributed by atoms with Gasteiger partial charge in [0.2, 0.25) is 0 Å². The van der Waals surface area contributed by atoms with Crippen LogP contribution in [0.25, 0.3) is 0 Å². The number of nitrogens with one attached hydrogen (secondary N) is 1. The van der Waals surface area contributed by atoms with Crippen LogP contribution in [0, 0.1) is 0 Å². The molecule has 2 N–H and O–H groups in total. The second kappa shape index (κ2) is 6.40. The summed E-state index contributed by atoms with van der Waals surface area (Å²) >= 11 is 3.14. The first kappa shape index (κ1) is 13.6. The normalized spacial score (nSPS) is 10.2. The Balaban J connectivity index is 1.97. The lowest BCUT2D eigenvalue weighted by molar-refractivity contribution is 0.102. The summed E-state index contributed by atoms with van der Waals surface area (Å²) in [6.45, 7) is 0.211. The van der Waals surface area contributed by atoms with Crippen molar-refractivity contribution in [2.24, 2.45) is 0 Å². The van der Waals surface area contributed by atoms with Gasteiger partial charge in [0.05, 0.1) is 12.2 Å². The van der Waals surface area contributed by atoms with Crippen molar-refractivity contribution in [2.75, 3.05) is 18.5 Å². The van der Waals surface area contributed by atoms with E-state index in [0.717, 1.165) is 0 Å². The first-order valence-corrected chi connectivity index (χ1v) is 6.37. The fourth-order valence-corrected chi connectivity index (χ4v) is 1.77. The summed E-state index contributed by atoms with van der Waals surface area (Å²) in [5.41, 5.74) is 1.09. The van der Waals surface area contributed by atoms with Crippen molar-refractivity contribution in [2.45, 2.75) is 0 Å². The van der Waals surface area contributed by atoms with Crippen LogP contribution in [0.2, 0.25) is 0 Å². The first-order valence-electron chi connectivity index (χ1n) is 5.58. The van der Waals surface area contributed by atoms with Gasteiger partial charge in [0.15, 0.2) is 4.67 Å². The molecule has 1 aromatic heterocycles. The number of halogens is 1. The van der Waals surface area contributed by atoms with E-state index in [0.29, 0.717) is 21.7 Å². The molecule has 0 aliphatic heterocycles. The third kappa shape index (κ3) is 3.84. The molecule has 1 aromatic carbocycles. The predicted octanol–water partition coefficient (Wildman–Crippen LogP) is 2.67. The molecule has 19 heavy (non-hydrogen) atoms. The SMILES string of the molecule is O=C(Nc1ccc(OCCO)cc1)c1coc(Br)c1. The van der Waals surface area contributed by atoms with Crippen LogP contribution in [0.15, 0.2) is 45.7 Å². The molecule has 1 heterocycles. The highest BCUT2D eigenvalue weighted by Gasteiger charge is 2.09. The lowest BCUT2D eigenvalue weighted by Crippen LogP contribution is -2.10. The van der Waals surface area contributed by atoms with E-state index in [4.69, 9.17) is 14.3 Å². The lowest BCUT2D eigenvalue weighted by Gasteiger charge is -2.06. The van der Waals surface area contributed by atoms with Crippen molar-refractivity contribution >= 4 is 27.5 Å². The van der Waals surface area contributed by atoms with Gasteiger partial charge < -0.3 is 19.6 Å². The van der Waals surface area contributed by atoms with Crippen molar-refractivity contribution in [3.05, 3.63) is 46.8 Å². The zero-order chi connectivity index (χ0) is 13.7. The number of amides is 1. The Morgan fingerprint density at radius 3 is 2.68 bits per heavy atom. The fraction of sp³-hybridized carbons (Fsp3) is 0.154. The van der Waals surface area contributed by atoms with Crippen LogP contribution < -0.4 is 10.1 Å². The van der Waals surface area contributed by atoms with Gasteiger partial charge in [-0.3, -0.25) is 4.79 Å². The summed E-state index contributed by atoms with van der Waals surface area (Å²) < 4.78 is 10.7. The van der Waals surface area contributed by atoms with Crippen LogP contribution in [-0.4, -0.2) is 24.2 Å². The monoisotopic (exact) mass is 325 g/mol. The number of anilines is 1. The summed E-state index contributed by atoms with van der Waals surface area (Å²) in [5, 5.41) is 11.4. The largest absolute Gasteiger partial charge is 0.491 e. The average molecular weight is 326 g/mol. The number of carbonyl (C=O) groups is 1. The number of rotatable bonds is 5. The number of aliphatic hydroxyl groups excluding tert-OH is 1. The minimum Gasteiger partial charge on any atom is -0.491 e. The topological polar surface area (TPSA) is 71.7 Å². The molecular formula is C13H12BrNO4. The highest BCUT2D eigenvalue weighted by molar-refractivity contribution is 9.10. The van der Waals surface area contributed by atoms with Crippen LogP contribution in [0.5, 0.6) is 5.75 Å². The van der Waals surface area contributed by atoms with E-state index in [1.165, 1.54) is 6.26 Å². The number of hydrogen-bond acceptors (Lipinski definition) is 4. The Labute approximate surface area is 118 Å². The Bertz CT molecular complexity index is 550.